The summed E-state index contributed by atoms with van der Waals surface area (Å²) in [6.07, 6.45) is -2.72. The molecule has 3 aliphatic carbocycles. The summed E-state index contributed by atoms with van der Waals surface area (Å²) in [6, 6.07) is 2.74. The van der Waals surface area contributed by atoms with Crippen LogP contribution in [-0.2, 0) is 6.18 Å². The number of hydrogen-bond acceptors (Lipinski definition) is 2. The topological polar surface area (TPSA) is 57.8 Å². The summed E-state index contributed by atoms with van der Waals surface area (Å²) < 4.78 is 52.1. The van der Waals surface area contributed by atoms with E-state index in [1.165, 1.54) is 12.1 Å². The first-order valence-corrected chi connectivity index (χ1v) is 6.76. The number of hydrogen-bond donors (Lipinski definition) is 2. The quantitative estimate of drug-likeness (QED) is 0.838. The summed E-state index contributed by atoms with van der Waals surface area (Å²) in [5, 5.41) is 2.96. The molecule has 3 fully saturated rings. The first-order chi connectivity index (χ1) is 10.2. The average molecular weight is 313 g/mol. The summed E-state index contributed by atoms with van der Waals surface area (Å²) >= 11 is 0. The molecule has 0 spiro atoms. The van der Waals surface area contributed by atoms with Crippen LogP contribution in [0.15, 0.2) is 18.3 Å². The summed E-state index contributed by atoms with van der Waals surface area (Å²) in [4.78, 5) is 18.0. The third-order valence-corrected chi connectivity index (χ3v) is 4.40. The summed E-state index contributed by atoms with van der Waals surface area (Å²) in [5.74, 6) is -0.522. The fourth-order valence-electron chi connectivity index (χ4n) is 3.50. The predicted octanol–water partition coefficient (Wildman–Crippen LogP) is 2.96. The molecule has 0 aromatic carbocycles. The van der Waals surface area contributed by atoms with Crippen LogP contribution in [0.5, 0.6) is 0 Å². The van der Waals surface area contributed by atoms with E-state index in [0.29, 0.717) is 0 Å². The van der Waals surface area contributed by atoms with Crippen LogP contribution in [0.4, 0.5) is 17.6 Å². The minimum atomic E-state index is -4.60. The number of fused-ring (bicyclic) bond motifs is 1. The maximum Gasteiger partial charge on any atom is 0.435 e. The molecular weight excluding hydrogens is 302 g/mol. The third kappa shape index (κ3) is 1.82. The molecule has 116 valence electrons. The fourth-order valence-corrected chi connectivity index (χ4v) is 3.50. The standard InChI is InChI=1S/C14H11F4N3O/c15-12-4-13(5-12,6-12)21-11(22)8-3-7-1-2-19-10(9(7)20-8)14(16,17)18/h1-3,20H,4-6H2,(H,21,22). The van der Waals surface area contributed by atoms with Crippen LogP contribution in [0.1, 0.15) is 35.4 Å². The Morgan fingerprint density at radius 2 is 2.00 bits per heavy atom. The molecule has 3 saturated carbocycles. The number of carbonyl (C=O) groups excluding carboxylic acids is 1. The van der Waals surface area contributed by atoms with Gasteiger partial charge in [-0.05, 0) is 12.1 Å². The van der Waals surface area contributed by atoms with Crippen molar-refractivity contribution in [3.63, 3.8) is 0 Å². The van der Waals surface area contributed by atoms with Gasteiger partial charge in [0.15, 0.2) is 5.69 Å². The van der Waals surface area contributed by atoms with Crippen LogP contribution < -0.4 is 5.32 Å². The van der Waals surface area contributed by atoms with Crippen LogP contribution in [-0.4, -0.2) is 27.1 Å². The number of pyridine rings is 1. The van der Waals surface area contributed by atoms with E-state index in [4.69, 9.17) is 0 Å². The first kappa shape index (κ1) is 13.5. The molecule has 2 N–H and O–H groups in total. The number of nitrogens with zero attached hydrogens (tertiary/aromatic N) is 1. The monoisotopic (exact) mass is 313 g/mol. The zero-order chi connectivity index (χ0) is 15.8. The number of rotatable bonds is 2. The highest BCUT2D eigenvalue weighted by atomic mass is 19.4. The molecule has 4 nitrogen and oxygen atoms in total. The van der Waals surface area contributed by atoms with Gasteiger partial charge in [-0.1, -0.05) is 0 Å². The average Bonchev–Trinajstić information content (AvgIpc) is 2.77. The Labute approximate surface area is 121 Å². The maximum atomic E-state index is 13.4. The smallest absolute Gasteiger partial charge is 0.349 e. The van der Waals surface area contributed by atoms with Gasteiger partial charge in [0, 0.05) is 36.4 Å². The highest BCUT2D eigenvalue weighted by Crippen LogP contribution is 2.62. The normalized spacial score (nSPS) is 29.8. The molecule has 3 aliphatic rings. The van der Waals surface area contributed by atoms with Crippen LogP contribution in [0.2, 0.25) is 0 Å². The Hall–Kier alpha value is -2.12. The number of amides is 1. The van der Waals surface area contributed by atoms with Crippen molar-refractivity contribution in [1.29, 1.82) is 0 Å². The van der Waals surface area contributed by atoms with E-state index in [9.17, 15) is 22.4 Å². The molecule has 0 atom stereocenters. The molecule has 0 unspecified atom stereocenters. The summed E-state index contributed by atoms with van der Waals surface area (Å²) in [5.41, 5.74) is -2.93. The first-order valence-electron chi connectivity index (χ1n) is 6.76. The second-order valence-corrected chi connectivity index (χ2v) is 6.22. The predicted molar refractivity (Wildman–Crippen MR) is 69.0 cm³/mol. The molecule has 0 saturated heterocycles. The molecular formula is C14H11F4N3O. The maximum absolute atomic E-state index is 13.4. The number of alkyl halides is 4. The van der Waals surface area contributed by atoms with E-state index >= 15 is 0 Å². The van der Waals surface area contributed by atoms with Crippen molar-refractivity contribution in [3.05, 3.63) is 29.7 Å². The van der Waals surface area contributed by atoms with Crippen molar-refractivity contribution in [2.45, 2.75) is 36.6 Å². The molecule has 0 aliphatic heterocycles. The van der Waals surface area contributed by atoms with Crippen LogP contribution in [0.3, 0.4) is 0 Å². The van der Waals surface area contributed by atoms with E-state index < -0.39 is 29.0 Å². The molecule has 2 aromatic rings. The van der Waals surface area contributed by atoms with Gasteiger partial charge in [0.05, 0.1) is 5.52 Å². The van der Waals surface area contributed by atoms with Crippen molar-refractivity contribution in [3.8, 4) is 0 Å². The van der Waals surface area contributed by atoms with Crippen LogP contribution >= 0.6 is 0 Å². The van der Waals surface area contributed by atoms with E-state index in [-0.39, 0.29) is 35.9 Å². The Bertz CT molecular complexity index is 775. The van der Waals surface area contributed by atoms with Gasteiger partial charge in [0.2, 0.25) is 0 Å². The van der Waals surface area contributed by atoms with E-state index in [1.807, 2.05) is 0 Å². The molecule has 1 amide bonds. The van der Waals surface area contributed by atoms with Crippen molar-refractivity contribution in [2.24, 2.45) is 0 Å². The van der Waals surface area contributed by atoms with Gasteiger partial charge in [0.25, 0.3) is 5.91 Å². The lowest BCUT2D eigenvalue weighted by Gasteiger charge is -2.65. The lowest BCUT2D eigenvalue weighted by molar-refractivity contribution is -0.162. The molecule has 2 bridgehead atoms. The number of H-pyrrole nitrogens is 1. The fraction of sp³-hybridized carbons (Fsp3) is 0.429. The van der Waals surface area contributed by atoms with Gasteiger partial charge in [-0.15, -0.1) is 0 Å². The second-order valence-electron chi connectivity index (χ2n) is 6.22. The minimum Gasteiger partial charge on any atom is -0.349 e. The van der Waals surface area contributed by atoms with Crippen molar-refractivity contribution < 1.29 is 22.4 Å². The molecule has 22 heavy (non-hydrogen) atoms. The molecule has 2 aromatic heterocycles. The zero-order valence-corrected chi connectivity index (χ0v) is 11.2. The molecule has 0 radical (unpaired) electrons. The van der Waals surface area contributed by atoms with Crippen LogP contribution in [0.25, 0.3) is 10.9 Å². The lowest BCUT2D eigenvalue weighted by Crippen LogP contribution is -2.76. The number of nitrogens with one attached hydrogen (secondary N) is 2. The number of carbonyl (C=O) groups is 1. The number of aromatic nitrogens is 2. The van der Waals surface area contributed by atoms with E-state index in [1.54, 1.807) is 0 Å². The van der Waals surface area contributed by atoms with Crippen molar-refractivity contribution in [2.75, 3.05) is 0 Å². The summed E-state index contributed by atoms with van der Waals surface area (Å²) in [7, 11) is 0. The Morgan fingerprint density at radius 1 is 1.32 bits per heavy atom. The molecule has 2 heterocycles. The third-order valence-electron chi connectivity index (χ3n) is 4.40. The van der Waals surface area contributed by atoms with Gasteiger partial charge >= 0.3 is 6.18 Å². The SMILES string of the molecule is O=C(NC12CC(F)(C1)C2)c1cc2ccnc(C(F)(F)F)c2[nH]1. The van der Waals surface area contributed by atoms with E-state index in [2.05, 4.69) is 15.3 Å². The van der Waals surface area contributed by atoms with Gasteiger partial charge in [-0.2, -0.15) is 13.2 Å². The van der Waals surface area contributed by atoms with Crippen molar-refractivity contribution >= 4 is 16.8 Å². The Kier molecular flexibility index (Phi) is 2.34. The van der Waals surface area contributed by atoms with Gasteiger partial charge in [-0.3, -0.25) is 4.79 Å². The minimum absolute atomic E-state index is 0.0196. The van der Waals surface area contributed by atoms with E-state index in [0.717, 1.165) is 6.20 Å². The van der Waals surface area contributed by atoms with Crippen LogP contribution in [0, 0.1) is 0 Å². The largest absolute Gasteiger partial charge is 0.435 e. The zero-order valence-electron chi connectivity index (χ0n) is 11.2. The Morgan fingerprint density at radius 3 is 2.59 bits per heavy atom. The van der Waals surface area contributed by atoms with Gasteiger partial charge in [-0.25, -0.2) is 9.37 Å². The summed E-state index contributed by atoms with van der Waals surface area (Å²) in [6.45, 7) is 0. The Balaban J connectivity index is 1.64. The molecule has 8 heteroatoms. The number of halogens is 4. The highest BCUT2D eigenvalue weighted by Gasteiger charge is 2.69. The van der Waals surface area contributed by atoms with Gasteiger partial charge in [0.1, 0.15) is 11.4 Å². The van der Waals surface area contributed by atoms with Gasteiger partial charge < -0.3 is 10.3 Å². The number of aromatic amines is 1. The second kappa shape index (κ2) is 3.80. The lowest BCUT2D eigenvalue weighted by atomic mass is 9.47. The molecule has 5 rings (SSSR count). The highest BCUT2D eigenvalue weighted by molar-refractivity contribution is 5.99. The van der Waals surface area contributed by atoms with Crippen molar-refractivity contribution in [1.82, 2.24) is 15.3 Å².